The van der Waals surface area contributed by atoms with Gasteiger partial charge >= 0.3 is 5.97 Å². The Labute approximate surface area is 102 Å². The van der Waals surface area contributed by atoms with Gasteiger partial charge in [-0.25, -0.2) is 13.6 Å². The second kappa shape index (κ2) is 5.00. The van der Waals surface area contributed by atoms with Gasteiger partial charge in [0.05, 0.1) is 12.2 Å². The van der Waals surface area contributed by atoms with Gasteiger partial charge in [-0.1, -0.05) is 0 Å². The Hall–Kier alpha value is -2.17. The van der Waals surface area contributed by atoms with Crippen molar-refractivity contribution in [2.24, 2.45) is 0 Å². The largest absolute Gasteiger partial charge is 0.462 e. The predicted octanol–water partition coefficient (Wildman–Crippen LogP) is 3.14. The van der Waals surface area contributed by atoms with Crippen LogP contribution in [0.2, 0.25) is 0 Å². The summed E-state index contributed by atoms with van der Waals surface area (Å²) in [5, 5.41) is 0. The fraction of sp³-hybridized carbons (Fsp3) is 0.154. The molecule has 5 heteroatoms. The Morgan fingerprint density at radius 3 is 2.72 bits per heavy atom. The molecule has 0 atom stereocenters. The molecule has 1 aromatic heterocycles. The molecule has 0 aliphatic heterocycles. The van der Waals surface area contributed by atoms with E-state index in [-0.39, 0.29) is 6.61 Å². The van der Waals surface area contributed by atoms with Crippen LogP contribution in [0.25, 0.3) is 11.3 Å². The van der Waals surface area contributed by atoms with Crippen molar-refractivity contribution < 1.29 is 18.3 Å². The molecule has 0 radical (unpaired) electrons. The molecular formula is C13H11F2NO2. The number of carbonyl (C=O) groups is 1. The molecule has 0 fully saturated rings. The number of aromatic amines is 1. The number of rotatable bonds is 3. The third-order valence-electron chi connectivity index (χ3n) is 2.42. The predicted molar refractivity (Wildman–Crippen MR) is 62.1 cm³/mol. The lowest BCUT2D eigenvalue weighted by Gasteiger charge is -1.99. The number of hydrogen-bond donors (Lipinski definition) is 1. The Kier molecular flexibility index (Phi) is 3.41. The molecule has 0 saturated heterocycles. The average Bonchev–Trinajstić information content (AvgIpc) is 2.82. The van der Waals surface area contributed by atoms with Gasteiger partial charge in [0.2, 0.25) is 0 Å². The van der Waals surface area contributed by atoms with Crippen molar-refractivity contribution in [3.05, 3.63) is 47.7 Å². The van der Waals surface area contributed by atoms with Crippen LogP contribution in [0.1, 0.15) is 17.3 Å². The van der Waals surface area contributed by atoms with E-state index < -0.39 is 17.6 Å². The normalized spacial score (nSPS) is 10.4. The van der Waals surface area contributed by atoms with Crippen LogP contribution in [0.15, 0.2) is 30.5 Å². The summed E-state index contributed by atoms with van der Waals surface area (Å²) < 4.78 is 30.7. The van der Waals surface area contributed by atoms with Crippen LogP contribution in [0.3, 0.4) is 0 Å². The molecule has 0 aliphatic rings. The summed E-state index contributed by atoms with van der Waals surface area (Å²) in [6.45, 7) is 1.99. The zero-order chi connectivity index (χ0) is 13.1. The van der Waals surface area contributed by atoms with Gasteiger partial charge in [0.25, 0.3) is 0 Å². The maximum atomic E-state index is 13.1. The Bertz CT molecular complexity index is 578. The van der Waals surface area contributed by atoms with Gasteiger partial charge in [0, 0.05) is 17.5 Å². The Morgan fingerprint density at radius 1 is 1.28 bits per heavy atom. The zero-order valence-electron chi connectivity index (χ0n) is 9.67. The van der Waals surface area contributed by atoms with Crippen LogP contribution in [0, 0.1) is 11.6 Å². The van der Waals surface area contributed by atoms with Crippen LogP contribution in [-0.2, 0) is 4.74 Å². The monoisotopic (exact) mass is 251 g/mol. The SMILES string of the molecule is CCOC(=O)c1c[nH]c(-c2ccc(F)c(F)c2)c1. The summed E-state index contributed by atoms with van der Waals surface area (Å²) >= 11 is 0. The molecular weight excluding hydrogens is 240 g/mol. The third kappa shape index (κ3) is 2.40. The minimum Gasteiger partial charge on any atom is -0.462 e. The van der Waals surface area contributed by atoms with Gasteiger partial charge in [-0.05, 0) is 31.2 Å². The number of ether oxygens (including phenoxy) is 1. The number of nitrogens with one attached hydrogen (secondary N) is 1. The van der Waals surface area contributed by atoms with Gasteiger partial charge in [0.1, 0.15) is 0 Å². The van der Waals surface area contributed by atoms with E-state index in [1.165, 1.54) is 18.3 Å². The highest BCUT2D eigenvalue weighted by molar-refractivity contribution is 5.90. The first-order chi connectivity index (χ1) is 8.61. The van der Waals surface area contributed by atoms with E-state index in [0.29, 0.717) is 16.8 Å². The molecule has 0 unspecified atom stereocenters. The first kappa shape index (κ1) is 12.3. The van der Waals surface area contributed by atoms with Gasteiger partial charge in [-0.15, -0.1) is 0 Å². The molecule has 0 bridgehead atoms. The highest BCUT2D eigenvalue weighted by Crippen LogP contribution is 2.21. The van der Waals surface area contributed by atoms with Crippen molar-refractivity contribution in [3.63, 3.8) is 0 Å². The zero-order valence-corrected chi connectivity index (χ0v) is 9.67. The highest BCUT2D eigenvalue weighted by atomic mass is 19.2. The summed E-state index contributed by atoms with van der Waals surface area (Å²) in [5.41, 5.74) is 1.33. The number of hydrogen-bond acceptors (Lipinski definition) is 2. The summed E-state index contributed by atoms with van der Waals surface area (Å²) in [7, 11) is 0. The van der Waals surface area contributed by atoms with E-state index in [9.17, 15) is 13.6 Å². The molecule has 0 spiro atoms. The number of esters is 1. The van der Waals surface area contributed by atoms with E-state index in [1.54, 1.807) is 6.92 Å². The van der Waals surface area contributed by atoms with Crippen LogP contribution >= 0.6 is 0 Å². The lowest BCUT2D eigenvalue weighted by Crippen LogP contribution is -2.02. The molecule has 1 aromatic carbocycles. The van der Waals surface area contributed by atoms with Gasteiger partial charge in [-0.3, -0.25) is 0 Å². The quantitative estimate of drug-likeness (QED) is 0.851. The van der Waals surface area contributed by atoms with Crippen molar-refractivity contribution in [3.8, 4) is 11.3 Å². The number of halogens is 2. The van der Waals surface area contributed by atoms with Crippen LogP contribution in [0.4, 0.5) is 8.78 Å². The molecule has 2 rings (SSSR count). The van der Waals surface area contributed by atoms with E-state index in [4.69, 9.17) is 4.74 Å². The van der Waals surface area contributed by atoms with Crippen molar-refractivity contribution >= 4 is 5.97 Å². The number of benzene rings is 1. The maximum Gasteiger partial charge on any atom is 0.339 e. The lowest BCUT2D eigenvalue weighted by molar-refractivity contribution is 0.0526. The number of carbonyl (C=O) groups excluding carboxylic acids is 1. The minimum absolute atomic E-state index is 0.282. The lowest BCUT2D eigenvalue weighted by atomic mass is 10.1. The summed E-state index contributed by atoms with van der Waals surface area (Å²) in [5.74, 6) is -2.29. The van der Waals surface area contributed by atoms with Crippen LogP contribution < -0.4 is 0 Å². The van der Waals surface area contributed by atoms with E-state index in [1.807, 2.05) is 0 Å². The van der Waals surface area contributed by atoms with Gasteiger partial charge < -0.3 is 9.72 Å². The summed E-state index contributed by atoms with van der Waals surface area (Å²) in [6.07, 6.45) is 1.47. The molecule has 3 nitrogen and oxygen atoms in total. The van der Waals surface area contributed by atoms with Crippen molar-refractivity contribution in [1.82, 2.24) is 4.98 Å². The molecule has 0 saturated carbocycles. The minimum atomic E-state index is -0.931. The maximum absolute atomic E-state index is 13.1. The Balaban J connectivity index is 2.29. The first-order valence-corrected chi connectivity index (χ1v) is 5.42. The average molecular weight is 251 g/mol. The smallest absolute Gasteiger partial charge is 0.339 e. The van der Waals surface area contributed by atoms with Gasteiger partial charge in [-0.2, -0.15) is 0 Å². The number of H-pyrrole nitrogens is 1. The van der Waals surface area contributed by atoms with Crippen molar-refractivity contribution in [1.29, 1.82) is 0 Å². The molecule has 94 valence electrons. The number of aromatic nitrogens is 1. The van der Waals surface area contributed by atoms with Crippen LogP contribution in [-0.4, -0.2) is 17.6 Å². The fourth-order valence-electron chi connectivity index (χ4n) is 1.56. The fourth-order valence-corrected chi connectivity index (χ4v) is 1.56. The van der Waals surface area contributed by atoms with Crippen molar-refractivity contribution in [2.75, 3.05) is 6.61 Å². The molecule has 1 heterocycles. The summed E-state index contributed by atoms with van der Waals surface area (Å²) in [6, 6.07) is 5.06. The molecule has 2 aromatic rings. The highest BCUT2D eigenvalue weighted by Gasteiger charge is 2.11. The van der Waals surface area contributed by atoms with E-state index in [0.717, 1.165) is 12.1 Å². The second-order valence-electron chi connectivity index (χ2n) is 3.65. The summed E-state index contributed by atoms with van der Waals surface area (Å²) in [4.78, 5) is 14.3. The van der Waals surface area contributed by atoms with Crippen molar-refractivity contribution in [2.45, 2.75) is 6.92 Å². The Morgan fingerprint density at radius 2 is 2.06 bits per heavy atom. The molecule has 0 amide bonds. The standard InChI is InChI=1S/C13H11F2NO2/c1-2-18-13(17)9-6-12(16-7-9)8-3-4-10(14)11(15)5-8/h3-7,16H,2H2,1H3. The van der Waals surface area contributed by atoms with E-state index >= 15 is 0 Å². The first-order valence-electron chi connectivity index (χ1n) is 5.42. The van der Waals surface area contributed by atoms with E-state index in [2.05, 4.69) is 4.98 Å². The topological polar surface area (TPSA) is 42.1 Å². The van der Waals surface area contributed by atoms with Gasteiger partial charge in [0.15, 0.2) is 11.6 Å². The molecule has 18 heavy (non-hydrogen) atoms. The molecule has 1 N–H and O–H groups in total. The second-order valence-corrected chi connectivity index (χ2v) is 3.65. The third-order valence-corrected chi connectivity index (χ3v) is 2.42. The van der Waals surface area contributed by atoms with Crippen LogP contribution in [0.5, 0.6) is 0 Å². The molecule has 0 aliphatic carbocycles.